The maximum absolute atomic E-state index is 14.0. The first-order valence-corrected chi connectivity index (χ1v) is 6.71. The maximum atomic E-state index is 14.0. The molecule has 1 aromatic carbocycles. The molecular weight excluding hydrogens is 334 g/mol. The molecule has 1 aliphatic heterocycles. The van der Waals surface area contributed by atoms with Crippen LogP contribution in [0.3, 0.4) is 0 Å². The van der Waals surface area contributed by atoms with E-state index in [4.69, 9.17) is 4.74 Å². The first kappa shape index (κ1) is 12.9. The van der Waals surface area contributed by atoms with Gasteiger partial charge in [-0.3, -0.25) is 0 Å². The minimum Gasteiger partial charge on any atom is -0.496 e. The van der Waals surface area contributed by atoms with Crippen molar-refractivity contribution < 1.29 is 9.13 Å². The highest BCUT2D eigenvalue weighted by Crippen LogP contribution is 2.30. The molecule has 0 unspecified atom stereocenters. The molecule has 0 amide bonds. The van der Waals surface area contributed by atoms with Gasteiger partial charge in [0.15, 0.2) is 0 Å². The molecule has 2 rings (SSSR count). The summed E-state index contributed by atoms with van der Waals surface area (Å²) < 4.78 is 20.0. The molecule has 3 nitrogen and oxygen atoms in total. The van der Waals surface area contributed by atoms with Gasteiger partial charge in [-0.15, -0.1) is 0 Å². The molecule has 0 saturated carbocycles. The molecular formula is C12H16FIN2O. The van der Waals surface area contributed by atoms with E-state index in [1.54, 1.807) is 13.2 Å². The molecule has 0 aromatic heterocycles. The van der Waals surface area contributed by atoms with Gasteiger partial charge in [-0.1, -0.05) is 0 Å². The van der Waals surface area contributed by atoms with Crippen LogP contribution in [0.4, 0.5) is 10.1 Å². The van der Waals surface area contributed by atoms with Crippen LogP contribution in [0.25, 0.3) is 0 Å². The zero-order chi connectivity index (χ0) is 12.4. The monoisotopic (exact) mass is 350 g/mol. The Morgan fingerprint density at radius 1 is 1.53 bits per heavy atom. The average molecular weight is 350 g/mol. The van der Waals surface area contributed by atoms with E-state index in [0.29, 0.717) is 11.7 Å². The van der Waals surface area contributed by atoms with Crippen LogP contribution in [-0.2, 0) is 0 Å². The van der Waals surface area contributed by atoms with E-state index in [1.165, 1.54) is 6.07 Å². The third kappa shape index (κ3) is 2.82. The molecule has 0 aliphatic carbocycles. The molecule has 1 saturated heterocycles. The molecule has 1 heterocycles. The second-order valence-electron chi connectivity index (χ2n) is 4.24. The Labute approximate surface area is 114 Å². The van der Waals surface area contributed by atoms with Gasteiger partial charge in [0, 0.05) is 31.7 Å². The van der Waals surface area contributed by atoms with Gasteiger partial charge in [0.05, 0.1) is 16.4 Å². The second-order valence-corrected chi connectivity index (χ2v) is 5.40. The molecule has 1 fully saturated rings. The number of nitrogens with zero attached hydrogens (tertiary/aromatic N) is 1. The van der Waals surface area contributed by atoms with Crippen LogP contribution in [-0.4, -0.2) is 32.8 Å². The lowest BCUT2D eigenvalue weighted by molar-refractivity contribution is 0.409. The lowest BCUT2D eigenvalue weighted by Crippen LogP contribution is -2.49. The summed E-state index contributed by atoms with van der Waals surface area (Å²) in [5, 5.41) is 3.34. The molecule has 1 aliphatic rings. The average Bonchev–Trinajstić information content (AvgIpc) is 2.29. The molecule has 17 heavy (non-hydrogen) atoms. The highest BCUT2D eigenvalue weighted by Gasteiger charge is 2.20. The summed E-state index contributed by atoms with van der Waals surface area (Å²) in [6.45, 7) is 4.63. The number of halogens is 2. The quantitative estimate of drug-likeness (QED) is 0.828. The van der Waals surface area contributed by atoms with Crippen molar-refractivity contribution in [3.05, 3.63) is 21.5 Å². The van der Waals surface area contributed by atoms with Gasteiger partial charge in [-0.25, -0.2) is 4.39 Å². The van der Waals surface area contributed by atoms with E-state index in [2.05, 4.69) is 39.7 Å². The summed E-state index contributed by atoms with van der Waals surface area (Å²) in [7, 11) is 1.61. The van der Waals surface area contributed by atoms with Gasteiger partial charge in [0.25, 0.3) is 0 Å². The number of hydrogen-bond acceptors (Lipinski definition) is 3. The third-order valence-corrected chi connectivity index (χ3v) is 3.77. The number of benzene rings is 1. The second kappa shape index (κ2) is 5.39. The van der Waals surface area contributed by atoms with Crippen molar-refractivity contribution >= 4 is 28.3 Å². The Bertz CT molecular complexity index is 414. The van der Waals surface area contributed by atoms with Crippen molar-refractivity contribution in [3.63, 3.8) is 0 Å². The molecule has 0 spiro atoms. The van der Waals surface area contributed by atoms with Gasteiger partial charge in [0.1, 0.15) is 11.6 Å². The van der Waals surface area contributed by atoms with E-state index in [1.807, 2.05) is 0 Å². The zero-order valence-electron chi connectivity index (χ0n) is 9.96. The minimum atomic E-state index is -0.177. The van der Waals surface area contributed by atoms with Crippen molar-refractivity contribution in [2.75, 3.05) is 31.6 Å². The van der Waals surface area contributed by atoms with Crippen molar-refractivity contribution in [2.24, 2.45) is 0 Å². The van der Waals surface area contributed by atoms with Crippen molar-refractivity contribution in [3.8, 4) is 5.75 Å². The van der Waals surface area contributed by atoms with Gasteiger partial charge in [-0.05, 0) is 35.6 Å². The highest BCUT2D eigenvalue weighted by molar-refractivity contribution is 14.1. The summed E-state index contributed by atoms with van der Waals surface area (Å²) in [6.07, 6.45) is 0. The molecule has 94 valence electrons. The standard InChI is InChI=1S/C12H16FIN2O/c1-8-7-16(4-3-15-8)11-6-12(17-2)10(14)5-9(11)13/h5-6,8,15H,3-4,7H2,1-2H3/t8-/m0/s1. The number of ether oxygens (including phenoxy) is 1. The van der Waals surface area contributed by atoms with E-state index < -0.39 is 0 Å². The Hall–Kier alpha value is -0.560. The summed E-state index contributed by atoms with van der Waals surface area (Å²) >= 11 is 2.08. The minimum absolute atomic E-state index is 0.177. The van der Waals surface area contributed by atoms with Crippen LogP contribution in [0.2, 0.25) is 0 Å². The van der Waals surface area contributed by atoms with Crippen molar-refractivity contribution in [1.29, 1.82) is 0 Å². The van der Waals surface area contributed by atoms with Gasteiger partial charge >= 0.3 is 0 Å². The number of methoxy groups -OCH3 is 1. The first-order chi connectivity index (χ1) is 8.11. The largest absolute Gasteiger partial charge is 0.496 e. The van der Waals surface area contributed by atoms with E-state index >= 15 is 0 Å². The van der Waals surface area contributed by atoms with E-state index in [9.17, 15) is 4.39 Å². The highest BCUT2D eigenvalue weighted by atomic mass is 127. The topological polar surface area (TPSA) is 24.5 Å². The number of nitrogens with one attached hydrogen (secondary N) is 1. The molecule has 1 aromatic rings. The predicted octanol–water partition coefficient (Wildman–Crippen LogP) is 2.24. The SMILES string of the molecule is COc1cc(N2CCN[C@@H](C)C2)c(F)cc1I. The number of hydrogen-bond donors (Lipinski definition) is 1. The summed E-state index contributed by atoms with van der Waals surface area (Å²) in [5.41, 5.74) is 0.635. The number of piperazine rings is 1. The van der Waals surface area contributed by atoms with Crippen molar-refractivity contribution in [2.45, 2.75) is 13.0 Å². The molecule has 1 N–H and O–H groups in total. The van der Waals surface area contributed by atoms with Gasteiger partial charge in [0.2, 0.25) is 0 Å². The Morgan fingerprint density at radius 3 is 2.94 bits per heavy atom. The maximum Gasteiger partial charge on any atom is 0.147 e. The zero-order valence-corrected chi connectivity index (χ0v) is 12.1. The summed E-state index contributed by atoms with van der Waals surface area (Å²) in [5.74, 6) is 0.553. The van der Waals surface area contributed by atoms with Gasteiger partial charge < -0.3 is 15.0 Å². The molecule has 5 heteroatoms. The van der Waals surface area contributed by atoms with Crippen molar-refractivity contribution in [1.82, 2.24) is 5.32 Å². The Morgan fingerprint density at radius 2 is 2.29 bits per heavy atom. The lowest BCUT2D eigenvalue weighted by Gasteiger charge is -2.34. The van der Waals surface area contributed by atoms with E-state index in [0.717, 1.165) is 29.0 Å². The Balaban J connectivity index is 2.30. The normalized spacial score (nSPS) is 20.5. The fraction of sp³-hybridized carbons (Fsp3) is 0.500. The lowest BCUT2D eigenvalue weighted by atomic mass is 10.2. The fourth-order valence-corrected chi connectivity index (χ4v) is 2.72. The first-order valence-electron chi connectivity index (χ1n) is 5.63. The molecule has 0 radical (unpaired) electrons. The summed E-state index contributed by atoms with van der Waals surface area (Å²) in [4.78, 5) is 2.06. The Kier molecular flexibility index (Phi) is 4.09. The summed E-state index contributed by atoms with van der Waals surface area (Å²) in [6, 6.07) is 3.70. The van der Waals surface area contributed by atoms with Crippen LogP contribution >= 0.6 is 22.6 Å². The molecule has 1 atom stereocenters. The van der Waals surface area contributed by atoms with Crippen LogP contribution < -0.4 is 15.0 Å². The van der Waals surface area contributed by atoms with Crippen LogP contribution in [0.5, 0.6) is 5.75 Å². The fourth-order valence-electron chi connectivity index (χ4n) is 2.07. The predicted molar refractivity (Wildman–Crippen MR) is 75.3 cm³/mol. The van der Waals surface area contributed by atoms with E-state index in [-0.39, 0.29) is 5.82 Å². The third-order valence-electron chi connectivity index (χ3n) is 2.93. The van der Waals surface area contributed by atoms with Crippen LogP contribution in [0.15, 0.2) is 12.1 Å². The van der Waals surface area contributed by atoms with Gasteiger partial charge in [-0.2, -0.15) is 0 Å². The number of rotatable bonds is 2. The van der Waals surface area contributed by atoms with Crippen LogP contribution in [0, 0.1) is 9.39 Å². The number of anilines is 1. The molecule has 0 bridgehead atoms. The smallest absolute Gasteiger partial charge is 0.147 e. The van der Waals surface area contributed by atoms with Crippen LogP contribution in [0.1, 0.15) is 6.92 Å².